The summed E-state index contributed by atoms with van der Waals surface area (Å²) >= 11 is 7.22. The average molecular weight is 247 g/mol. The lowest BCUT2D eigenvalue weighted by Gasteiger charge is -2.16. The van der Waals surface area contributed by atoms with Crippen LogP contribution >= 0.6 is 22.9 Å². The van der Waals surface area contributed by atoms with Crippen molar-refractivity contribution in [2.45, 2.75) is 25.6 Å². The molecule has 0 radical (unpaired) electrons. The molecule has 5 heteroatoms. The minimum atomic E-state index is 0.0346. The monoisotopic (exact) mass is 246 g/mol. The number of carbonyl (C=O) groups is 1. The topological polar surface area (TPSA) is 33.2 Å². The van der Waals surface area contributed by atoms with Crippen LogP contribution in [0.2, 0.25) is 0 Å². The van der Waals surface area contributed by atoms with Crippen molar-refractivity contribution in [3.8, 4) is 0 Å². The first kappa shape index (κ1) is 12.5. The van der Waals surface area contributed by atoms with Crippen LogP contribution in [0.3, 0.4) is 0 Å². The van der Waals surface area contributed by atoms with Crippen LogP contribution in [-0.2, 0) is 0 Å². The number of nitrogens with zero attached hydrogens (tertiary/aromatic N) is 2. The predicted octanol–water partition coefficient (Wildman–Crippen LogP) is 2.54. The summed E-state index contributed by atoms with van der Waals surface area (Å²) in [6.45, 7) is 4.46. The van der Waals surface area contributed by atoms with Gasteiger partial charge in [0.15, 0.2) is 0 Å². The van der Waals surface area contributed by atoms with Gasteiger partial charge in [0.25, 0.3) is 5.91 Å². The zero-order valence-electron chi connectivity index (χ0n) is 9.16. The van der Waals surface area contributed by atoms with Gasteiger partial charge in [-0.2, -0.15) is 0 Å². The number of hydrogen-bond acceptors (Lipinski definition) is 3. The Bertz CT molecular complexity index is 338. The van der Waals surface area contributed by atoms with Gasteiger partial charge in [-0.3, -0.25) is 4.79 Å². The van der Waals surface area contributed by atoms with Crippen LogP contribution < -0.4 is 0 Å². The smallest absolute Gasteiger partial charge is 0.265 e. The van der Waals surface area contributed by atoms with E-state index in [9.17, 15) is 4.79 Å². The van der Waals surface area contributed by atoms with Crippen LogP contribution in [0, 0.1) is 6.92 Å². The van der Waals surface area contributed by atoms with E-state index in [1.807, 2.05) is 13.8 Å². The largest absolute Gasteiger partial charge is 0.341 e. The third kappa shape index (κ3) is 3.47. The number of aromatic nitrogens is 1. The average Bonchev–Trinajstić information content (AvgIpc) is 2.59. The molecule has 0 aliphatic rings. The second-order valence-electron chi connectivity index (χ2n) is 3.56. The molecular weight excluding hydrogens is 232 g/mol. The van der Waals surface area contributed by atoms with E-state index in [2.05, 4.69) is 4.98 Å². The minimum absolute atomic E-state index is 0.0346. The van der Waals surface area contributed by atoms with Gasteiger partial charge in [0, 0.05) is 19.0 Å². The summed E-state index contributed by atoms with van der Waals surface area (Å²) in [7, 11) is 1.79. The maximum absolute atomic E-state index is 11.9. The quantitative estimate of drug-likeness (QED) is 0.765. The molecule has 1 aromatic rings. The SMILES string of the molecule is Cc1ncsc1C(=O)N(C)CCC(C)Cl. The predicted molar refractivity (Wildman–Crippen MR) is 63.7 cm³/mol. The Morgan fingerprint density at radius 3 is 2.87 bits per heavy atom. The normalized spacial score (nSPS) is 12.5. The summed E-state index contributed by atoms with van der Waals surface area (Å²) in [6.07, 6.45) is 0.807. The molecule has 0 bridgehead atoms. The molecule has 0 aliphatic carbocycles. The van der Waals surface area contributed by atoms with Crippen LogP contribution in [0.1, 0.15) is 28.7 Å². The number of halogens is 1. The second-order valence-corrected chi connectivity index (χ2v) is 5.16. The van der Waals surface area contributed by atoms with Crippen LogP contribution in [0.15, 0.2) is 5.51 Å². The van der Waals surface area contributed by atoms with E-state index in [4.69, 9.17) is 11.6 Å². The van der Waals surface area contributed by atoms with Crippen molar-refractivity contribution in [3.05, 3.63) is 16.1 Å². The number of thiazole rings is 1. The molecule has 1 atom stereocenters. The summed E-state index contributed by atoms with van der Waals surface area (Å²) in [5.41, 5.74) is 2.50. The number of hydrogen-bond donors (Lipinski definition) is 0. The molecule has 0 aliphatic heterocycles. The van der Waals surface area contributed by atoms with Gasteiger partial charge in [-0.1, -0.05) is 0 Å². The van der Waals surface area contributed by atoms with Crippen LogP contribution in [0.4, 0.5) is 0 Å². The first-order valence-corrected chi connectivity index (χ1v) is 6.13. The van der Waals surface area contributed by atoms with Gasteiger partial charge in [-0.05, 0) is 20.3 Å². The number of rotatable bonds is 4. The molecule has 0 N–H and O–H groups in total. The summed E-state index contributed by atoms with van der Waals surface area (Å²) in [5.74, 6) is 0.0346. The van der Waals surface area contributed by atoms with Gasteiger partial charge in [0.1, 0.15) is 4.88 Å². The van der Waals surface area contributed by atoms with Gasteiger partial charge in [0.05, 0.1) is 11.2 Å². The lowest BCUT2D eigenvalue weighted by Crippen LogP contribution is -2.28. The zero-order chi connectivity index (χ0) is 11.4. The van der Waals surface area contributed by atoms with E-state index in [0.29, 0.717) is 6.54 Å². The Morgan fingerprint density at radius 2 is 2.40 bits per heavy atom. The highest BCUT2D eigenvalue weighted by molar-refractivity contribution is 7.11. The molecule has 84 valence electrons. The molecule has 1 heterocycles. The van der Waals surface area contributed by atoms with Crippen molar-refractivity contribution < 1.29 is 4.79 Å². The lowest BCUT2D eigenvalue weighted by molar-refractivity contribution is 0.0797. The van der Waals surface area contributed by atoms with E-state index in [1.54, 1.807) is 17.5 Å². The Hall–Kier alpha value is -0.610. The van der Waals surface area contributed by atoms with Gasteiger partial charge in [-0.15, -0.1) is 22.9 Å². The van der Waals surface area contributed by atoms with Gasteiger partial charge >= 0.3 is 0 Å². The maximum Gasteiger partial charge on any atom is 0.265 e. The zero-order valence-corrected chi connectivity index (χ0v) is 10.7. The minimum Gasteiger partial charge on any atom is -0.341 e. The number of amides is 1. The fourth-order valence-corrected chi connectivity index (χ4v) is 2.05. The van der Waals surface area contributed by atoms with Crippen LogP contribution in [-0.4, -0.2) is 34.8 Å². The third-order valence-corrected chi connectivity index (χ3v) is 3.28. The molecular formula is C10H15ClN2OS. The molecule has 0 fully saturated rings. The summed E-state index contributed by atoms with van der Waals surface area (Å²) < 4.78 is 0. The Morgan fingerprint density at radius 1 is 1.73 bits per heavy atom. The second kappa shape index (κ2) is 5.47. The highest BCUT2D eigenvalue weighted by atomic mass is 35.5. The highest BCUT2D eigenvalue weighted by Gasteiger charge is 2.16. The number of aryl methyl sites for hydroxylation is 1. The highest BCUT2D eigenvalue weighted by Crippen LogP contribution is 2.14. The number of carbonyl (C=O) groups excluding carboxylic acids is 1. The summed E-state index contributed by atoms with van der Waals surface area (Å²) in [4.78, 5) is 18.4. The van der Waals surface area contributed by atoms with Crippen molar-refractivity contribution >= 4 is 28.8 Å². The van der Waals surface area contributed by atoms with E-state index in [-0.39, 0.29) is 11.3 Å². The molecule has 1 amide bonds. The van der Waals surface area contributed by atoms with Crippen molar-refractivity contribution in [3.63, 3.8) is 0 Å². The van der Waals surface area contributed by atoms with Crippen LogP contribution in [0.25, 0.3) is 0 Å². The van der Waals surface area contributed by atoms with Crippen molar-refractivity contribution in [1.82, 2.24) is 9.88 Å². The molecule has 0 aromatic carbocycles. The van der Waals surface area contributed by atoms with E-state index >= 15 is 0 Å². The van der Waals surface area contributed by atoms with Crippen molar-refractivity contribution in [2.24, 2.45) is 0 Å². The molecule has 0 spiro atoms. The van der Waals surface area contributed by atoms with Gasteiger partial charge in [0.2, 0.25) is 0 Å². The van der Waals surface area contributed by atoms with E-state index < -0.39 is 0 Å². The van der Waals surface area contributed by atoms with Gasteiger partial charge in [-0.25, -0.2) is 4.98 Å². The van der Waals surface area contributed by atoms with Crippen molar-refractivity contribution in [1.29, 1.82) is 0 Å². The molecule has 15 heavy (non-hydrogen) atoms. The summed E-state index contributed by atoms with van der Waals surface area (Å²) in [5, 5.41) is 0.0998. The standard InChI is InChI=1S/C10H15ClN2OS/c1-7(11)4-5-13(3)10(14)9-8(2)12-6-15-9/h6-7H,4-5H2,1-3H3. The van der Waals surface area contributed by atoms with Crippen molar-refractivity contribution in [2.75, 3.05) is 13.6 Å². The third-order valence-electron chi connectivity index (χ3n) is 2.15. The fraction of sp³-hybridized carbons (Fsp3) is 0.600. The first-order valence-electron chi connectivity index (χ1n) is 4.82. The Kier molecular flexibility index (Phi) is 4.54. The molecule has 0 saturated heterocycles. The van der Waals surface area contributed by atoms with E-state index in [0.717, 1.165) is 17.0 Å². The molecule has 1 aromatic heterocycles. The lowest BCUT2D eigenvalue weighted by atomic mass is 10.3. The molecule has 1 rings (SSSR count). The van der Waals surface area contributed by atoms with Gasteiger partial charge < -0.3 is 4.90 Å². The fourth-order valence-electron chi connectivity index (χ4n) is 1.15. The Labute approximate surface area is 99.1 Å². The van der Waals surface area contributed by atoms with Crippen LogP contribution in [0.5, 0.6) is 0 Å². The number of alkyl halides is 1. The Balaban J connectivity index is 2.57. The maximum atomic E-state index is 11.9. The summed E-state index contributed by atoms with van der Waals surface area (Å²) in [6, 6.07) is 0. The molecule has 1 unspecified atom stereocenters. The molecule has 3 nitrogen and oxygen atoms in total. The molecule has 0 saturated carbocycles. The van der Waals surface area contributed by atoms with E-state index in [1.165, 1.54) is 11.3 Å². The first-order chi connectivity index (χ1) is 7.02.